The van der Waals surface area contributed by atoms with Gasteiger partial charge in [0.25, 0.3) is 0 Å². The summed E-state index contributed by atoms with van der Waals surface area (Å²) in [5.74, 6) is -1.47. The third kappa shape index (κ3) is 3.22. The average Bonchev–Trinajstić information content (AvgIpc) is 2.89. The molecule has 0 saturated carbocycles. The van der Waals surface area contributed by atoms with Crippen molar-refractivity contribution < 1.29 is 33.7 Å². The second-order valence-electron chi connectivity index (χ2n) is 5.56. The fourth-order valence-electron chi connectivity index (χ4n) is 3.42. The number of aliphatic hydroxyl groups excluding tert-OH is 1. The topological polar surface area (TPSA) is 102 Å². The molecule has 0 unspecified atom stereocenters. The van der Waals surface area contributed by atoms with E-state index in [-0.39, 0.29) is 6.61 Å². The number of rotatable bonds is 4. The maximum Gasteiger partial charge on any atom is 0.303 e. The van der Waals surface area contributed by atoms with Gasteiger partial charge < -0.3 is 19.3 Å². The summed E-state index contributed by atoms with van der Waals surface area (Å²) in [4.78, 5) is 35.8. The van der Waals surface area contributed by atoms with Crippen molar-refractivity contribution in [2.75, 3.05) is 13.2 Å². The zero-order chi connectivity index (χ0) is 16.4. The van der Waals surface area contributed by atoms with Gasteiger partial charge in [0.2, 0.25) is 0 Å². The zero-order valence-electron chi connectivity index (χ0n) is 12.9. The normalized spacial score (nSPS) is 34.1. The predicted octanol–water partition coefficient (Wildman–Crippen LogP) is -0.770. The van der Waals surface area contributed by atoms with Gasteiger partial charge in [0.1, 0.15) is 6.10 Å². The summed E-state index contributed by atoms with van der Waals surface area (Å²) in [6.07, 6.45) is -1.44. The molecule has 0 bridgehead atoms. The Bertz CT molecular complexity index is 466. The summed E-state index contributed by atoms with van der Waals surface area (Å²) in [5, 5.41) is 9.64. The van der Waals surface area contributed by atoms with E-state index in [1.54, 1.807) is 0 Å². The number of ether oxygens (including phenoxy) is 3. The van der Waals surface area contributed by atoms with Gasteiger partial charge in [0.15, 0.2) is 12.2 Å². The largest absolute Gasteiger partial charge is 0.461 e. The molecule has 124 valence electrons. The van der Waals surface area contributed by atoms with E-state index in [0.29, 0.717) is 13.0 Å². The van der Waals surface area contributed by atoms with Gasteiger partial charge in [-0.2, -0.15) is 0 Å². The summed E-state index contributed by atoms with van der Waals surface area (Å²) in [6.45, 7) is 4.14. The maximum atomic E-state index is 11.4. The number of hydrogen-bond donors (Lipinski definition) is 1. The minimum absolute atomic E-state index is 0.251. The van der Waals surface area contributed by atoms with Crippen LogP contribution in [0.2, 0.25) is 0 Å². The number of fused-ring (bicyclic) bond motifs is 1. The first kappa shape index (κ1) is 16.7. The fraction of sp³-hybridized carbons (Fsp3) is 0.786. The van der Waals surface area contributed by atoms with E-state index in [9.17, 15) is 19.5 Å². The lowest BCUT2D eigenvalue weighted by Crippen LogP contribution is -2.44. The number of nitrogens with zero attached hydrogens (tertiary/aromatic N) is 1. The molecule has 2 fully saturated rings. The molecule has 0 radical (unpaired) electrons. The molecule has 2 aliphatic rings. The Morgan fingerprint density at radius 3 is 2.05 bits per heavy atom. The summed E-state index contributed by atoms with van der Waals surface area (Å²) >= 11 is 0. The molecule has 2 aliphatic heterocycles. The molecular weight excluding hydrogens is 294 g/mol. The highest BCUT2D eigenvalue weighted by Crippen LogP contribution is 2.38. The van der Waals surface area contributed by atoms with Gasteiger partial charge in [-0.25, -0.2) is 0 Å². The van der Waals surface area contributed by atoms with Crippen molar-refractivity contribution in [2.45, 2.75) is 57.6 Å². The molecule has 0 aromatic heterocycles. The molecule has 0 aromatic rings. The molecule has 2 heterocycles. The summed E-state index contributed by atoms with van der Waals surface area (Å²) < 4.78 is 15.9. The first-order valence-electron chi connectivity index (χ1n) is 7.23. The Morgan fingerprint density at radius 2 is 1.55 bits per heavy atom. The minimum Gasteiger partial charge on any atom is -0.461 e. The average molecular weight is 315 g/mol. The van der Waals surface area contributed by atoms with Crippen LogP contribution < -0.4 is 0 Å². The third-order valence-corrected chi connectivity index (χ3v) is 4.01. The van der Waals surface area contributed by atoms with Gasteiger partial charge in [-0.15, -0.1) is 0 Å². The van der Waals surface area contributed by atoms with Crippen molar-refractivity contribution in [1.82, 2.24) is 4.90 Å². The van der Waals surface area contributed by atoms with Crippen LogP contribution in [0.3, 0.4) is 0 Å². The SMILES string of the molecule is CC(=O)O[C@H]1[C@H](OC(C)=O)[C@@H](CO)N2CC[C@@H](OC(C)=O)[C@H]12. The lowest BCUT2D eigenvalue weighted by Gasteiger charge is -2.26. The Kier molecular flexibility index (Phi) is 5.02. The van der Waals surface area contributed by atoms with Gasteiger partial charge in [-0.05, 0) is 6.42 Å². The van der Waals surface area contributed by atoms with Crippen LogP contribution in [0.15, 0.2) is 0 Å². The van der Waals surface area contributed by atoms with E-state index in [0.717, 1.165) is 0 Å². The zero-order valence-corrected chi connectivity index (χ0v) is 12.9. The third-order valence-electron chi connectivity index (χ3n) is 4.01. The van der Waals surface area contributed by atoms with Crippen molar-refractivity contribution >= 4 is 17.9 Å². The second kappa shape index (κ2) is 6.62. The van der Waals surface area contributed by atoms with E-state index >= 15 is 0 Å². The van der Waals surface area contributed by atoms with Gasteiger partial charge >= 0.3 is 17.9 Å². The molecule has 2 rings (SSSR count). The van der Waals surface area contributed by atoms with E-state index in [4.69, 9.17) is 14.2 Å². The molecule has 5 atom stereocenters. The lowest BCUT2D eigenvalue weighted by atomic mass is 10.0. The summed E-state index contributed by atoms with van der Waals surface area (Å²) in [7, 11) is 0. The Balaban J connectivity index is 2.28. The standard InChI is InChI=1S/C14H21NO7/c1-7(17)20-11-4-5-15-10(6-16)13(21-8(2)18)14(12(11)15)22-9(3)19/h10-14,16H,4-6H2,1-3H3/t10-,11-,12-,13-,14-/m1/s1. The van der Waals surface area contributed by atoms with Crippen molar-refractivity contribution in [3.05, 3.63) is 0 Å². The number of esters is 3. The van der Waals surface area contributed by atoms with Gasteiger partial charge in [0.05, 0.1) is 18.7 Å². The van der Waals surface area contributed by atoms with Crippen LogP contribution in [0.5, 0.6) is 0 Å². The quantitative estimate of drug-likeness (QED) is 0.533. The van der Waals surface area contributed by atoms with Crippen LogP contribution in [0.1, 0.15) is 27.2 Å². The van der Waals surface area contributed by atoms with Crippen LogP contribution in [-0.4, -0.2) is 71.5 Å². The molecular formula is C14H21NO7. The predicted molar refractivity (Wildman–Crippen MR) is 72.6 cm³/mol. The van der Waals surface area contributed by atoms with E-state index in [2.05, 4.69) is 0 Å². The van der Waals surface area contributed by atoms with Gasteiger partial charge in [-0.3, -0.25) is 19.3 Å². The van der Waals surface area contributed by atoms with Crippen molar-refractivity contribution in [3.63, 3.8) is 0 Å². The van der Waals surface area contributed by atoms with Gasteiger partial charge in [0, 0.05) is 27.3 Å². The van der Waals surface area contributed by atoms with E-state index in [1.165, 1.54) is 20.8 Å². The molecule has 22 heavy (non-hydrogen) atoms. The lowest BCUT2D eigenvalue weighted by molar-refractivity contribution is -0.167. The molecule has 0 aromatic carbocycles. The number of hydrogen-bond acceptors (Lipinski definition) is 8. The van der Waals surface area contributed by atoms with Crippen LogP contribution >= 0.6 is 0 Å². The minimum atomic E-state index is -0.783. The molecule has 0 spiro atoms. The number of aliphatic hydroxyl groups is 1. The maximum absolute atomic E-state index is 11.4. The van der Waals surface area contributed by atoms with Crippen LogP contribution in [0, 0.1) is 0 Å². The Labute approximate surface area is 128 Å². The van der Waals surface area contributed by atoms with Crippen LogP contribution in [0.4, 0.5) is 0 Å². The summed E-state index contributed by atoms with van der Waals surface area (Å²) in [6, 6.07) is -0.909. The molecule has 0 aliphatic carbocycles. The van der Waals surface area contributed by atoms with E-state index in [1.807, 2.05) is 4.90 Å². The smallest absolute Gasteiger partial charge is 0.303 e. The van der Waals surface area contributed by atoms with Crippen LogP contribution in [0.25, 0.3) is 0 Å². The molecule has 0 amide bonds. The van der Waals surface area contributed by atoms with E-state index < -0.39 is 48.3 Å². The fourth-order valence-corrected chi connectivity index (χ4v) is 3.42. The highest BCUT2D eigenvalue weighted by atomic mass is 16.6. The molecule has 1 N–H and O–H groups in total. The van der Waals surface area contributed by atoms with Crippen molar-refractivity contribution in [1.29, 1.82) is 0 Å². The first-order valence-corrected chi connectivity index (χ1v) is 7.23. The number of carbonyl (C=O) groups excluding carboxylic acids is 3. The number of carbonyl (C=O) groups is 3. The molecule has 2 saturated heterocycles. The van der Waals surface area contributed by atoms with Crippen molar-refractivity contribution in [2.24, 2.45) is 0 Å². The highest BCUT2D eigenvalue weighted by Gasteiger charge is 2.58. The molecule has 8 nitrogen and oxygen atoms in total. The van der Waals surface area contributed by atoms with Crippen molar-refractivity contribution in [3.8, 4) is 0 Å². The highest BCUT2D eigenvalue weighted by molar-refractivity contribution is 5.68. The second-order valence-corrected chi connectivity index (χ2v) is 5.56. The summed E-state index contributed by atoms with van der Waals surface area (Å²) in [5.41, 5.74) is 0. The Morgan fingerprint density at radius 1 is 1.00 bits per heavy atom. The molecule has 8 heteroatoms. The monoisotopic (exact) mass is 315 g/mol. The van der Waals surface area contributed by atoms with Crippen LogP contribution in [-0.2, 0) is 28.6 Å². The Hall–Kier alpha value is -1.67. The first-order chi connectivity index (χ1) is 10.3. The van der Waals surface area contributed by atoms with Gasteiger partial charge in [-0.1, -0.05) is 0 Å².